The minimum atomic E-state index is -0.130. The van der Waals surface area contributed by atoms with Crippen LogP contribution in [0.4, 0.5) is 0 Å². The first kappa shape index (κ1) is 20.2. The van der Waals surface area contributed by atoms with E-state index < -0.39 is 0 Å². The van der Waals surface area contributed by atoms with Crippen LogP contribution >= 0.6 is 23.4 Å². The standard InChI is InChI=1S/C23H23ClN2O2S/c24-17-12-10-16(11-13-17)14-21-23(28)26(19-8-4-5-9-20(19)29-21)15-22(27)25-18-6-2-1-3-7-18/h4-5,8-14,18,20H,1-3,6-7,15H2/p+1/b21-14+. The van der Waals surface area contributed by atoms with E-state index in [0.717, 1.165) is 37.0 Å². The monoisotopic (exact) mass is 427 g/mol. The summed E-state index contributed by atoms with van der Waals surface area (Å²) in [5.74, 6) is -0.216. The molecule has 4 rings (SSSR count). The molecule has 3 aliphatic rings. The molecule has 2 amide bonds. The van der Waals surface area contributed by atoms with Crippen LogP contribution in [0.5, 0.6) is 0 Å². The summed E-state index contributed by atoms with van der Waals surface area (Å²) in [5, 5.41) is 3.81. The zero-order valence-corrected chi connectivity index (χ0v) is 17.7. The molecule has 150 valence electrons. The average molecular weight is 428 g/mol. The van der Waals surface area contributed by atoms with Crippen molar-refractivity contribution in [3.05, 3.63) is 64.1 Å². The molecular formula is C23H24ClN2O2S+. The van der Waals surface area contributed by atoms with Gasteiger partial charge in [-0.15, -0.1) is 4.58 Å². The lowest BCUT2D eigenvalue weighted by molar-refractivity contribution is -0.434. The molecule has 6 heteroatoms. The number of benzene rings is 1. The lowest BCUT2D eigenvalue weighted by atomic mass is 9.95. The lowest BCUT2D eigenvalue weighted by Crippen LogP contribution is -2.46. The maximum absolute atomic E-state index is 13.2. The maximum Gasteiger partial charge on any atom is 0.426 e. The number of allylic oxidation sites excluding steroid dienone is 3. The highest BCUT2D eigenvalue weighted by Crippen LogP contribution is 2.33. The number of carbonyl (C=O) groups excluding carboxylic acids is 2. The van der Waals surface area contributed by atoms with Gasteiger partial charge >= 0.3 is 5.91 Å². The van der Waals surface area contributed by atoms with E-state index in [-0.39, 0.29) is 29.7 Å². The maximum atomic E-state index is 13.2. The van der Waals surface area contributed by atoms with Gasteiger partial charge in [-0.1, -0.05) is 73.0 Å². The van der Waals surface area contributed by atoms with Gasteiger partial charge in [-0.3, -0.25) is 4.79 Å². The third kappa shape index (κ3) is 4.90. The fraction of sp³-hybridized carbons (Fsp3) is 0.348. The number of nitrogens with zero attached hydrogens (tertiary/aromatic N) is 1. The fourth-order valence-corrected chi connectivity index (χ4v) is 5.24. The van der Waals surface area contributed by atoms with Crippen molar-refractivity contribution in [2.75, 3.05) is 6.54 Å². The van der Waals surface area contributed by atoms with E-state index >= 15 is 0 Å². The molecule has 2 aliphatic carbocycles. The van der Waals surface area contributed by atoms with Crippen molar-refractivity contribution in [3.8, 4) is 0 Å². The van der Waals surface area contributed by atoms with Gasteiger partial charge in [0.05, 0.1) is 0 Å². The number of halogens is 1. The number of carbonyl (C=O) groups is 2. The number of amides is 2. The molecule has 0 radical (unpaired) electrons. The van der Waals surface area contributed by atoms with Crippen LogP contribution in [0, 0.1) is 0 Å². The Hall–Kier alpha value is -2.11. The molecule has 1 fully saturated rings. The van der Waals surface area contributed by atoms with Crippen LogP contribution in [0.3, 0.4) is 0 Å². The second-order valence-corrected chi connectivity index (χ2v) is 9.18. The molecule has 0 bridgehead atoms. The quantitative estimate of drug-likeness (QED) is 0.574. The molecular weight excluding hydrogens is 404 g/mol. The largest absolute Gasteiger partial charge is 0.426 e. The molecule has 1 atom stereocenters. The van der Waals surface area contributed by atoms with Crippen LogP contribution < -0.4 is 5.32 Å². The highest BCUT2D eigenvalue weighted by molar-refractivity contribution is 8.05. The van der Waals surface area contributed by atoms with Crippen molar-refractivity contribution in [1.82, 2.24) is 5.32 Å². The Labute approximate surface area is 180 Å². The van der Waals surface area contributed by atoms with Crippen molar-refractivity contribution < 1.29 is 14.2 Å². The zero-order valence-electron chi connectivity index (χ0n) is 16.1. The summed E-state index contributed by atoms with van der Waals surface area (Å²) in [5.41, 5.74) is 1.78. The number of hydrogen-bond acceptors (Lipinski definition) is 3. The lowest BCUT2D eigenvalue weighted by Gasteiger charge is -2.23. The van der Waals surface area contributed by atoms with Gasteiger partial charge in [0, 0.05) is 17.1 Å². The molecule has 1 aliphatic heterocycles. The molecule has 1 saturated carbocycles. The number of rotatable bonds is 4. The summed E-state index contributed by atoms with van der Waals surface area (Å²) in [6.07, 6.45) is 15.4. The summed E-state index contributed by atoms with van der Waals surface area (Å²) < 4.78 is 1.63. The molecule has 1 aromatic rings. The van der Waals surface area contributed by atoms with Gasteiger partial charge in [0.25, 0.3) is 5.91 Å². The van der Waals surface area contributed by atoms with Crippen LogP contribution in [0.15, 0.2) is 53.5 Å². The minimum Gasteiger partial charge on any atom is -0.348 e. The molecule has 0 spiro atoms. The number of hydrogen-bond donors (Lipinski definition) is 1. The Morgan fingerprint density at radius 2 is 1.93 bits per heavy atom. The van der Waals surface area contributed by atoms with Crippen LogP contribution in [0.2, 0.25) is 5.02 Å². The Kier molecular flexibility index (Phi) is 6.36. The van der Waals surface area contributed by atoms with Crippen molar-refractivity contribution >= 4 is 47.0 Å². The Balaban J connectivity index is 1.57. The highest BCUT2D eigenvalue weighted by atomic mass is 35.5. The molecule has 29 heavy (non-hydrogen) atoms. The van der Waals surface area contributed by atoms with Crippen molar-refractivity contribution in [1.29, 1.82) is 0 Å². The fourth-order valence-electron chi connectivity index (χ4n) is 3.93. The van der Waals surface area contributed by atoms with Crippen molar-refractivity contribution in [2.45, 2.75) is 43.4 Å². The van der Waals surface area contributed by atoms with Crippen molar-refractivity contribution in [3.63, 3.8) is 0 Å². The van der Waals surface area contributed by atoms with E-state index in [1.807, 2.05) is 48.6 Å². The smallest absolute Gasteiger partial charge is 0.348 e. The summed E-state index contributed by atoms with van der Waals surface area (Å²) >= 11 is 7.49. The molecule has 0 aromatic heterocycles. The summed E-state index contributed by atoms with van der Waals surface area (Å²) in [6.45, 7) is 0.0534. The van der Waals surface area contributed by atoms with Gasteiger partial charge in [0.2, 0.25) is 12.3 Å². The third-order valence-electron chi connectivity index (χ3n) is 5.42. The minimum absolute atomic E-state index is 0.0266. The topological polar surface area (TPSA) is 49.2 Å². The van der Waals surface area contributed by atoms with E-state index in [9.17, 15) is 9.59 Å². The first-order valence-electron chi connectivity index (χ1n) is 10.1. The van der Waals surface area contributed by atoms with Crippen molar-refractivity contribution in [2.24, 2.45) is 0 Å². The molecule has 1 heterocycles. The summed E-state index contributed by atoms with van der Waals surface area (Å²) in [6, 6.07) is 7.62. The van der Waals surface area contributed by atoms with Gasteiger partial charge in [0.15, 0.2) is 0 Å². The van der Waals surface area contributed by atoms with Gasteiger partial charge in [-0.05, 0) is 36.6 Å². The molecule has 1 N–H and O–H groups in total. The average Bonchev–Trinajstić information content (AvgIpc) is 2.73. The molecule has 4 nitrogen and oxygen atoms in total. The first-order valence-corrected chi connectivity index (χ1v) is 11.3. The Morgan fingerprint density at radius 3 is 2.69 bits per heavy atom. The molecule has 1 unspecified atom stereocenters. The normalized spacial score (nSPS) is 23.4. The molecule has 0 saturated heterocycles. The number of fused-ring (bicyclic) bond motifs is 1. The summed E-state index contributed by atoms with van der Waals surface area (Å²) in [7, 11) is 0. The van der Waals surface area contributed by atoms with Gasteiger partial charge in [-0.25, -0.2) is 4.79 Å². The van der Waals surface area contributed by atoms with E-state index in [4.69, 9.17) is 11.6 Å². The van der Waals surface area contributed by atoms with Crippen LogP contribution in [0.1, 0.15) is 37.7 Å². The predicted molar refractivity (Wildman–Crippen MR) is 119 cm³/mol. The SMILES string of the molecule is O=C(C[N+]1=C2C=CC=CC2S/C(=C/c2ccc(Cl)cc2)C1=O)NC1CCCCC1. The second kappa shape index (κ2) is 9.14. The first-order chi connectivity index (χ1) is 14.1. The molecule has 1 aromatic carbocycles. The van der Waals surface area contributed by atoms with Crippen LogP contribution in [-0.2, 0) is 9.59 Å². The highest BCUT2D eigenvalue weighted by Gasteiger charge is 2.39. The van der Waals surface area contributed by atoms with E-state index in [1.165, 1.54) is 18.2 Å². The van der Waals surface area contributed by atoms with Crippen LogP contribution in [-0.4, -0.2) is 39.9 Å². The predicted octanol–water partition coefficient (Wildman–Crippen LogP) is 4.35. The van der Waals surface area contributed by atoms with E-state index in [0.29, 0.717) is 9.93 Å². The van der Waals surface area contributed by atoms with E-state index in [2.05, 4.69) is 11.4 Å². The Morgan fingerprint density at radius 1 is 1.17 bits per heavy atom. The number of thioether (sulfide) groups is 1. The third-order valence-corrected chi connectivity index (χ3v) is 6.87. The van der Waals surface area contributed by atoms with Gasteiger partial charge in [-0.2, -0.15) is 0 Å². The number of nitrogens with one attached hydrogen (secondary N) is 1. The summed E-state index contributed by atoms with van der Waals surface area (Å²) in [4.78, 5) is 26.6. The van der Waals surface area contributed by atoms with Gasteiger partial charge in [0.1, 0.15) is 10.2 Å². The van der Waals surface area contributed by atoms with Crippen LogP contribution in [0.25, 0.3) is 6.08 Å². The Bertz CT molecular complexity index is 925. The van der Waals surface area contributed by atoms with Gasteiger partial charge < -0.3 is 5.32 Å². The zero-order chi connectivity index (χ0) is 20.2. The second-order valence-electron chi connectivity index (χ2n) is 7.56. The van der Waals surface area contributed by atoms with E-state index in [1.54, 1.807) is 4.58 Å².